The van der Waals surface area contributed by atoms with Crippen molar-refractivity contribution < 1.29 is 14.7 Å². The Morgan fingerprint density at radius 3 is 2.62 bits per heavy atom. The Kier molecular flexibility index (Phi) is 4.06. The van der Waals surface area contributed by atoms with E-state index >= 15 is 0 Å². The number of carboxylic acid groups (broad SMARTS) is 1. The first kappa shape index (κ1) is 12.7. The van der Waals surface area contributed by atoms with Crippen molar-refractivity contribution in [2.45, 2.75) is 19.9 Å². The Morgan fingerprint density at radius 1 is 1.44 bits per heavy atom. The molecule has 86 valence electrons. The summed E-state index contributed by atoms with van der Waals surface area (Å²) in [4.78, 5) is 22.3. The maximum Gasteiger partial charge on any atom is 0.325 e. The lowest BCUT2D eigenvalue weighted by molar-refractivity contribution is -0.138. The van der Waals surface area contributed by atoms with Crippen LogP contribution in [0.4, 0.5) is 0 Å². The van der Waals surface area contributed by atoms with Crippen LogP contribution in [0.25, 0.3) is 0 Å². The predicted molar refractivity (Wildman–Crippen MR) is 63.4 cm³/mol. The summed E-state index contributed by atoms with van der Waals surface area (Å²) >= 11 is 3.31. The number of amides is 1. The maximum atomic E-state index is 11.7. The number of carboxylic acids is 1. The van der Waals surface area contributed by atoms with Crippen LogP contribution >= 0.6 is 15.9 Å². The van der Waals surface area contributed by atoms with E-state index in [0.717, 1.165) is 10.0 Å². The third kappa shape index (κ3) is 2.82. The van der Waals surface area contributed by atoms with Crippen LogP contribution in [0.15, 0.2) is 22.7 Å². The molecule has 0 aliphatic carbocycles. The van der Waals surface area contributed by atoms with Crippen molar-refractivity contribution in [1.82, 2.24) is 5.32 Å². The summed E-state index contributed by atoms with van der Waals surface area (Å²) in [5.74, 6) is -1.44. The van der Waals surface area contributed by atoms with E-state index < -0.39 is 12.0 Å². The number of halogens is 1. The van der Waals surface area contributed by atoms with E-state index in [4.69, 9.17) is 5.11 Å². The monoisotopic (exact) mass is 285 g/mol. The van der Waals surface area contributed by atoms with Gasteiger partial charge in [0.1, 0.15) is 6.04 Å². The van der Waals surface area contributed by atoms with Crippen LogP contribution in [0.1, 0.15) is 22.8 Å². The van der Waals surface area contributed by atoms with E-state index in [1.54, 1.807) is 19.1 Å². The molecule has 0 radical (unpaired) electrons. The second-order valence-corrected chi connectivity index (χ2v) is 4.30. The molecule has 0 aromatic heterocycles. The molecule has 0 aliphatic rings. The van der Waals surface area contributed by atoms with Crippen molar-refractivity contribution in [2.24, 2.45) is 0 Å². The Balaban J connectivity index is 2.89. The molecule has 0 heterocycles. The minimum atomic E-state index is -1.05. The SMILES string of the molecule is Cc1c(Br)cccc1C(=O)N[C@@H](C)C(=O)O. The lowest BCUT2D eigenvalue weighted by Gasteiger charge is -2.11. The Morgan fingerprint density at radius 2 is 2.06 bits per heavy atom. The summed E-state index contributed by atoms with van der Waals surface area (Å²) in [7, 11) is 0. The summed E-state index contributed by atoms with van der Waals surface area (Å²) in [6, 6.07) is 4.32. The summed E-state index contributed by atoms with van der Waals surface area (Å²) < 4.78 is 0.822. The molecule has 1 aromatic carbocycles. The van der Waals surface area contributed by atoms with E-state index in [1.165, 1.54) is 6.92 Å². The van der Waals surface area contributed by atoms with E-state index in [2.05, 4.69) is 21.2 Å². The van der Waals surface area contributed by atoms with Crippen molar-refractivity contribution >= 4 is 27.8 Å². The smallest absolute Gasteiger partial charge is 0.325 e. The van der Waals surface area contributed by atoms with Crippen LogP contribution in [-0.2, 0) is 4.79 Å². The highest BCUT2D eigenvalue weighted by atomic mass is 79.9. The summed E-state index contributed by atoms with van der Waals surface area (Å²) in [6.07, 6.45) is 0. The topological polar surface area (TPSA) is 66.4 Å². The number of rotatable bonds is 3. The number of carbonyl (C=O) groups excluding carboxylic acids is 1. The fourth-order valence-electron chi connectivity index (χ4n) is 1.19. The lowest BCUT2D eigenvalue weighted by atomic mass is 10.1. The van der Waals surface area contributed by atoms with E-state index in [0.29, 0.717) is 5.56 Å². The number of hydrogen-bond donors (Lipinski definition) is 2. The minimum absolute atomic E-state index is 0.381. The van der Waals surface area contributed by atoms with Crippen molar-refractivity contribution in [3.05, 3.63) is 33.8 Å². The van der Waals surface area contributed by atoms with Crippen LogP contribution in [0, 0.1) is 6.92 Å². The molecule has 0 aliphatic heterocycles. The van der Waals surface area contributed by atoms with Gasteiger partial charge in [-0.15, -0.1) is 0 Å². The number of hydrogen-bond acceptors (Lipinski definition) is 2. The molecule has 0 spiro atoms. The molecule has 2 N–H and O–H groups in total. The molecule has 0 fully saturated rings. The van der Waals surface area contributed by atoms with E-state index in [1.807, 2.05) is 6.07 Å². The van der Waals surface area contributed by atoms with Crippen molar-refractivity contribution in [2.75, 3.05) is 0 Å². The molecule has 0 unspecified atom stereocenters. The van der Waals surface area contributed by atoms with Crippen LogP contribution < -0.4 is 5.32 Å². The third-order valence-electron chi connectivity index (χ3n) is 2.23. The molecule has 1 rings (SSSR count). The Hall–Kier alpha value is -1.36. The Labute approximate surface area is 102 Å². The van der Waals surface area contributed by atoms with E-state index in [9.17, 15) is 9.59 Å². The van der Waals surface area contributed by atoms with Crippen LogP contribution in [0.2, 0.25) is 0 Å². The zero-order valence-electron chi connectivity index (χ0n) is 8.95. The first-order valence-electron chi connectivity index (χ1n) is 4.72. The molecule has 0 saturated carbocycles. The van der Waals surface area contributed by atoms with Gasteiger partial charge in [-0.2, -0.15) is 0 Å². The van der Waals surface area contributed by atoms with Gasteiger partial charge in [-0.3, -0.25) is 9.59 Å². The highest BCUT2D eigenvalue weighted by Gasteiger charge is 2.17. The highest BCUT2D eigenvalue weighted by molar-refractivity contribution is 9.10. The zero-order chi connectivity index (χ0) is 12.3. The average molecular weight is 286 g/mol. The first-order chi connectivity index (χ1) is 7.43. The zero-order valence-corrected chi connectivity index (χ0v) is 10.5. The average Bonchev–Trinajstić information content (AvgIpc) is 2.21. The first-order valence-corrected chi connectivity index (χ1v) is 5.51. The quantitative estimate of drug-likeness (QED) is 0.892. The second-order valence-electron chi connectivity index (χ2n) is 3.45. The molecule has 1 atom stereocenters. The van der Waals surface area contributed by atoms with Crippen LogP contribution in [0.5, 0.6) is 0 Å². The molecular formula is C11H12BrNO3. The van der Waals surface area contributed by atoms with Gasteiger partial charge >= 0.3 is 5.97 Å². The number of carbonyl (C=O) groups is 2. The fraction of sp³-hybridized carbons (Fsp3) is 0.273. The normalized spacial score (nSPS) is 11.9. The summed E-state index contributed by atoms with van der Waals surface area (Å²) in [5, 5.41) is 11.1. The Bertz CT molecular complexity index is 431. The molecule has 16 heavy (non-hydrogen) atoms. The number of aliphatic carboxylic acids is 1. The number of benzene rings is 1. The standard InChI is InChI=1S/C11H12BrNO3/c1-6-8(4-3-5-9(6)12)10(14)13-7(2)11(15)16/h3-5,7H,1-2H3,(H,13,14)(H,15,16)/t7-/m0/s1. The summed E-state index contributed by atoms with van der Waals surface area (Å²) in [5.41, 5.74) is 1.26. The van der Waals surface area contributed by atoms with E-state index in [-0.39, 0.29) is 5.91 Å². The predicted octanol–water partition coefficient (Wildman–Crippen LogP) is 1.96. The fourth-order valence-corrected chi connectivity index (χ4v) is 1.56. The van der Waals surface area contributed by atoms with Crippen molar-refractivity contribution in [3.63, 3.8) is 0 Å². The van der Waals surface area contributed by atoms with Gasteiger partial charge < -0.3 is 10.4 Å². The van der Waals surface area contributed by atoms with Gasteiger partial charge in [0.15, 0.2) is 0 Å². The van der Waals surface area contributed by atoms with Gasteiger partial charge in [-0.05, 0) is 31.5 Å². The maximum absolute atomic E-state index is 11.7. The molecular weight excluding hydrogens is 274 g/mol. The van der Waals surface area contributed by atoms with Gasteiger partial charge in [0.25, 0.3) is 5.91 Å². The van der Waals surface area contributed by atoms with Gasteiger partial charge in [0, 0.05) is 10.0 Å². The summed E-state index contributed by atoms with van der Waals surface area (Å²) in [6.45, 7) is 3.22. The molecule has 4 nitrogen and oxygen atoms in total. The van der Waals surface area contributed by atoms with Gasteiger partial charge in [0.05, 0.1) is 0 Å². The third-order valence-corrected chi connectivity index (χ3v) is 3.09. The largest absolute Gasteiger partial charge is 0.480 e. The number of nitrogens with one attached hydrogen (secondary N) is 1. The molecule has 1 aromatic rings. The highest BCUT2D eigenvalue weighted by Crippen LogP contribution is 2.19. The van der Waals surface area contributed by atoms with Gasteiger partial charge in [0.2, 0.25) is 0 Å². The van der Waals surface area contributed by atoms with Gasteiger partial charge in [-0.1, -0.05) is 22.0 Å². The second kappa shape index (κ2) is 5.12. The molecule has 0 bridgehead atoms. The minimum Gasteiger partial charge on any atom is -0.480 e. The van der Waals surface area contributed by atoms with Crippen molar-refractivity contribution in [3.8, 4) is 0 Å². The molecule has 0 saturated heterocycles. The van der Waals surface area contributed by atoms with Gasteiger partial charge in [-0.25, -0.2) is 0 Å². The molecule has 5 heteroatoms. The van der Waals surface area contributed by atoms with Crippen molar-refractivity contribution in [1.29, 1.82) is 0 Å². The van der Waals surface area contributed by atoms with Crippen LogP contribution in [-0.4, -0.2) is 23.0 Å². The molecule has 1 amide bonds. The van der Waals surface area contributed by atoms with Crippen LogP contribution in [0.3, 0.4) is 0 Å². The lowest BCUT2D eigenvalue weighted by Crippen LogP contribution is -2.38.